The fourth-order valence-electron chi connectivity index (χ4n) is 3.00. The molecule has 0 bridgehead atoms. The number of fused-ring (bicyclic) bond motifs is 1. The van der Waals surface area contributed by atoms with Crippen LogP contribution in [0.3, 0.4) is 0 Å². The van der Waals surface area contributed by atoms with E-state index in [0.29, 0.717) is 29.4 Å². The smallest absolute Gasteiger partial charge is 0.253 e. The number of benzene rings is 1. The molecule has 1 fully saturated rings. The zero-order valence-electron chi connectivity index (χ0n) is 13.4. The molecule has 1 N–H and O–H groups in total. The number of carbonyl (C=O) groups is 1. The van der Waals surface area contributed by atoms with Crippen molar-refractivity contribution in [2.45, 2.75) is 23.1 Å². The van der Waals surface area contributed by atoms with E-state index in [1.165, 1.54) is 21.7 Å². The number of rotatable bonds is 4. The lowest BCUT2D eigenvalue weighted by Crippen LogP contribution is -2.42. The van der Waals surface area contributed by atoms with Crippen molar-refractivity contribution in [2.75, 3.05) is 11.9 Å². The van der Waals surface area contributed by atoms with E-state index in [0.717, 1.165) is 21.6 Å². The minimum atomic E-state index is -3.73. The van der Waals surface area contributed by atoms with Crippen LogP contribution in [0.15, 0.2) is 40.1 Å². The maximum atomic E-state index is 12.8. The molecule has 4 rings (SSSR count). The fraction of sp³-hybridized carbons (Fsp3) is 0.250. The van der Waals surface area contributed by atoms with Crippen molar-refractivity contribution in [1.29, 1.82) is 0 Å². The summed E-state index contributed by atoms with van der Waals surface area (Å²) < 4.78 is 28.5. The van der Waals surface area contributed by atoms with Crippen LogP contribution < -0.4 is 5.32 Å². The Morgan fingerprint density at radius 2 is 2.15 bits per heavy atom. The summed E-state index contributed by atoms with van der Waals surface area (Å²) in [7, 11) is -3.73. The molecule has 0 unspecified atom stereocenters. The Hall–Kier alpha value is -1.52. The third-order valence-corrected chi connectivity index (χ3v) is 8.62. The van der Waals surface area contributed by atoms with E-state index in [1.807, 2.05) is 12.1 Å². The topological polar surface area (TPSA) is 79.4 Å². The molecule has 1 aliphatic rings. The van der Waals surface area contributed by atoms with E-state index < -0.39 is 16.1 Å². The first-order chi connectivity index (χ1) is 12.4. The maximum Gasteiger partial charge on any atom is 0.253 e. The molecule has 3 heterocycles. The molecular weight excluding hydrogens is 414 g/mol. The van der Waals surface area contributed by atoms with Crippen LogP contribution >= 0.6 is 34.3 Å². The zero-order valence-corrected chi connectivity index (χ0v) is 16.6. The molecule has 0 saturated carbocycles. The van der Waals surface area contributed by atoms with Crippen LogP contribution in [0.1, 0.15) is 12.8 Å². The number of thiophene rings is 1. The normalized spacial score (nSPS) is 18.4. The largest absolute Gasteiger partial charge is 0.325 e. The molecule has 1 aromatic carbocycles. The molecule has 1 aliphatic heterocycles. The number of thiazole rings is 1. The van der Waals surface area contributed by atoms with Gasteiger partial charge in [-0.15, -0.1) is 22.7 Å². The molecule has 2 aromatic heterocycles. The number of hydrogen-bond acceptors (Lipinski definition) is 6. The van der Waals surface area contributed by atoms with Crippen molar-refractivity contribution in [3.8, 4) is 0 Å². The quantitative estimate of drug-likeness (QED) is 0.686. The third kappa shape index (κ3) is 3.25. The summed E-state index contributed by atoms with van der Waals surface area (Å²) in [6, 6.07) is 7.75. The number of sulfonamides is 1. The van der Waals surface area contributed by atoms with E-state index in [-0.39, 0.29) is 10.1 Å². The number of carbonyl (C=O) groups excluding carboxylic acids is 1. The molecule has 0 spiro atoms. The van der Waals surface area contributed by atoms with E-state index >= 15 is 0 Å². The van der Waals surface area contributed by atoms with Gasteiger partial charge in [0.25, 0.3) is 10.0 Å². The summed E-state index contributed by atoms with van der Waals surface area (Å²) in [5.74, 6) is -0.322. The van der Waals surface area contributed by atoms with Crippen LogP contribution in [0.5, 0.6) is 0 Å². The van der Waals surface area contributed by atoms with Gasteiger partial charge in [-0.25, -0.2) is 13.4 Å². The van der Waals surface area contributed by atoms with Crippen LogP contribution in [0.25, 0.3) is 10.2 Å². The van der Waals surface area contributed by atoms with Gasteiger partial charge in [-0.3, -0.25) is 4.79 Å². The van der Waals surface area contributed by atoms with Gasteiger partial charge in [-0.05, 0) is 43.2 Å². The van der Waals surface area contributed by atoms with Crippen molar-refractivity contribution < 1.29 is 13.2 Å². The second-order valence-corrected chi connectivity index (χ2v) is 10.6. The zero-order chi connectivity index (χ0) is 18.3. The number of anilines is 1. The number of amides is 1. The number of aromatic nitrogens is 1. The minimum absolute atomic E-state index is 0.160. The van der Waals surface area contributed by atoms with Gasteiger partial charge >= 0.3 is 0 Å². The molecule has 6 nitrogen and oxygen atoms in total. The van der Waals surface area contributed by atoms with Crippen molar-refractivity contribution in [3.05, 3.63) is 40.2 Å². The highest BCUT2D eigenvalue weighted by atomic mass is 35.5. The van der Waals surface area contributed by atoms with Crippen LogP contribution in [0.4, 0.5) is 5.69 Å². The molecule has 136 valence electrons. The average Bonchev–Trinajstić information content (AvgIpc) is 3.34. The van der Waals surface area contributed by atoms with Crippen molar-refractivity contribution >= 4 is 66.1 Å². The van der Waals surface area contributed by atoms with E-state index in [2.05, 4.69) is 10.3 Å². The van der Waals surface area contributed by atoms with Gasteiger partial charge < -0.3 is 5.32 Å². The summed E-state index contributed by atoms with van der Waals surface area (Å²) in [6.07, 6.45) is 1.14. The first-order valence-electron chi connectivity index (χ1n) is 7.86. The maximum absolute atomic E-state index is 12.8. The van der Waals surface area contributed by atoms with Crippen LogP contribution in [0.2, 0.25) is 4.34 Å². The number of nitrogens with one attached hydrogen (secondary N) is 1. The van der Waals surface area contributed by atoms with Gasteiger partial charge in [0.15, 0.2) is 0 Å². The molecule has 26 heavy (non-hydrogen) atoms. The molecule has 1 atom stereocenters. The monoisotopic (exact) mass is 427 g/mol. The highest BCUT2D eigenvalue weighted by molar-refractivity contribution is 7.91. The van der Waals surface area contributed by atoms with Gasteiger partial charge in [-0.2, -0.15) is 4.31 Å². The fourth-order valence-corrected chi connectivity index (χ4v) is 6.99. The third-order valence-electron chi connectivity index (χ3n) is 4.22. The van der Waals surface area contributed by atoms with Crippen LogP contribution in [-0.2, 0) is 14.8 Å². The predicted octanol–water partition coefficient (Wildman–Crippen LogP) is 3.80. The molecule has 1 amide bonds. The molecule has 0 radical (unpaired) electrons. The standard InChI is InChI=1S/C16H14ClN3O3S3/c17-14-5-6-15(25-14)26(22,23)20-7-1-2-12(20)16(21)19-10-3-4-11-13(8-10)24-9-18-11/h3-6,8-9,12H,1-2,7H2,(H,19,21)/t12-/m1/s1. The molecule has 10 heteroatoms. The summed E-state index contributed by atoms with van der Waals surface area (Å²) in [6.45, 7) is 0.323. The predicted molar refractivity (Wildman–Crippen MR) is 104 cm³/mol. The van der Waals surface area contributed by atoms with Gasteiger partial charge in [-0.1, -0.05) is 11.6 Å². The Bertz CT molecular complexity index is 1080. The summed E-state index contributed by atoms with van der Waals surface area (Å²) >= 11 is 8.36. The molecule has 3 aromatic rings. The molecule has 0 aliphatic carbocycles. The Balaban J connectivity index is 1.56. The number of nitrogens with zero attached hydrogens (tertiary/aromatic N) is 2. The number of halogens is 1. The van der Waals surface area contributed by atoms with Crippen LogP contribution in [0, 0.1) is 0 Å². The van der Waals surface area contributed by atoms with E-state index in [4.69, 9.17) is 11.6 Å². The Morgan fingerprint density at radius 3 is 2.92 bits per heavy atom. The second-order valence-electron chi connectivity index (χ2n) is 5.86. The van der Waals surface area contributed by atoms with E-state index in [1.54, 1.807) is 17.6 Å². The summed E-state index contributed by atoms with van der Waals surface area (Å²) in [4.78, 5) is 16.9. The first-order valence-corrected chi connectivity index (χ1v) is 11.4. The van der Waals surface area contributed by atoms with Gasteiger partial charge in [0.1, 0.15) is 10.3 Å². The van der Waals surface area contributed by atoms with Crippen molar-refractivity contribution in [1.82, 2.24) is 9.29 Å². The average molecular weight is 428 g/mol. The van der Waals surface area contributed by atoms with Crippen molar-refractivity contribution in [2.24, 2.45) is 0 Å². The lowest BCUT2D eigenvalue weighted by Gasteiger charge is -2.22. The van der Waals surface area contributed by atoms with Gasteiger partial charge in [0.2, 0.25) is 5.91 Å². The van der Waals surface area contributed by atoms with Crippen molar-refractivity contribution in [3.63, 3.8) is 0 Å². The van der Waals surface area contributed by atoms with E-state index in [9.17, 15) is 13.2 Å². The first kappa shape index (κ1) is 17.9. The highest BCUT2D eigenvalue weighted by Gasteiger charge is 2.40. The SMILES string of the molecule is O=C(Nc1ccc2ncsc2c1)[C@H]1CCCN1S(=O)(=O)c1ccc(Cl)s1. The summed E-state index contributed by atoms with van der Waals surface area (Å²) in [5.41, 5.74) is 3.25. The Labute approximate surface area is 163 Å². The second kappa shape index (κ2) is 6.90. The molecular formula is C16H14ClN3O3S3. The lowest BCUT2D eigenvalue weighted by molar-refractivity contribution is -0.119. The highest BCUT2D eigenvalue weighted by Crippen LogP contribution is 2.32. The molecule has 1 saturated heterocycles. The summed E-state index contributed by atoms with van der Waals surface area (Å²) in [5, 5.41) is 2.84. The lowest BCUT2D eigenvalue weighted by atomic mass is 10.2. The van der Waals surface area contributed by atoms with Crippen LogP contribution in [-0.4, -0.2) is 36.2 Å². The van der Waals surface area contributed by atoms with Gasteiger partial charge in [0, 0.05) is 12.2 Å². The Morgan fingerprint density at radius 1 is 1.31 bits per heavy atom. The minimum Gasteiger partial charge on any atom is -0.325 e. The Kier molecular flexibility index (Phi) is 4.74. The van der Waals surface area contributed by atoms with Gasteiger partial charge in [0.05, 0.1) is 20.1 Å². The number of hydrogen-bond donors (Lipinski definition) is 1.